The zero-order chi connectivity index (χ0) is 17.8. The molecule has 128 valence electrons. The second-order valence-corrected chi connectivity index (χ2v) is 7.50. The van der Waals surface area contributed by atoms with Gasteiger partial charge < -0.3 is 10.2 Å². The maximum absolute atomic E-state index is 11.6. The number of aromatic carboxylic acids is 2. The number of hydrogen-bond donors (Lipinski definition) is 2. The number of carboxylic acids is 2. The molecule has 1 unspecified atom stereocenters. The van der Waals surface area contributed by atoms with Crippen LogP contribution in [0.1, 0.15) is 79.3 Å². The van der Waals surface area contributed by atoms with Gasteiger partial charge in [-0.05, 0) is 54.2 Å². The second-order valence-electron chi connectivity index (χ2n) is 7.50. The fourth-order valence-electron chi connectivity index (χ4n) is 3.27. The standard InChI is InChI=1S/C19H28O4/c1-6-13-8-10-15(17(20)21)16(18(22)23)14(13)9-7-12(2)11-19(3,4)5/h8,10,12H,6-7,9,11H2,1-5H3,(H,20,21)(H,22,23). The van der Waals surface area contributed by atoms with Gasteiger partial charge in [0, 0.05) is 0 Å². The third-order valence-electron chi connectivity index (χ3n) is 4.08. The highest BCUT2D eigenvalue weighted by Crippen LogP contribution is 2.29. The predicted octanol–water partition coefficient (Wildman–Crippen LogP) is 4.65. The first-order valence-electron chi connectivity index (χ1n) is 8.18. The second kappa shape index (κ2) is 7.62. The van der Waals surface area contributed by atoms with Gasteiger partial charge in [-0.15, -0.1) is 0 Å². The molecule has 0 spiro atoms. The average molecular weight is 320 g/mol. The minimum Gasteiger partial charge on any atom is -0.478 e. The SMILES string of the molecule is CCc1ccc(C(=O)O)c(C(=O)O)c1CCC(C)CC(C)(C)C. The number of rotatable bonds is 7. The van der Waals surface area contributed by atoms with Gasteiger partial charge in [-0.1, -0.05) is 40.7 Å². The van der Waals surface area contributed by atoms with Crippen LogP contribution < -0.4 is 0 Å². The first kappa shape index (κ1) is 19.2. The molecule has 0 aliphatic heterocycles. The average Bonchev–Trinajstić information content (AvgIpc) is 2.41. The molecule has 0 amide bonds. The molecule has 2 N–H and O–H groups in total. The van der Waals surface area contributed by atoms with Crippen molar-refractivity contribution in [2.24, 2.45) is 11.3 Å². The predicted molar refractivity (Wildman–Crippen MR) is 91.3 cm³/mol. The van der Waals surface area contributed by atoms with E-state index < -0.39 is 11.9 Å². The summed E-state index contributed by atoms with van der Waals surface area (Å²) >= 11 is 0. The molecule has 1 rings (SSSR count). The summed E-state index contributed by atoms with van der Waals surface area (Å²) in [6.07, 6.45) is 3.20. The van der Waals surface area contributed by atoms with Gasteiger partial charge in [0.25, 0.3) is 0 Å². The molecule has 0 bridgehead atoms. The van der Waals surface area contributed by atoms with Crippen molar-refractivity contribution >= 4 is 11.9 Å². The van der Waals surface area contributed by atoms with E-state index in [4.69, 9.17) is 0 Å². The Bertz CT molecular complexity index is 582. The summed E-state index contributed by atoms with van der Waals surface area (Å²) in [5.74, 6) is -1.89. The van der Waals surface area contributed by atoms with E-state index in [-0.39, 0.29) is 16.5 Å². The lowest BCUT2D eigenvalue weighted by Gasteiger charge is -2.24. The Morgan fingerprint density at radius 3 is 2.17 bits per heavy atom. The number of carbonyl (C=O) groups is 2. The third-order valence-corrected chi connectivity index (χ3v) is 4.08. The fraction of sp³-hybridized carbons (Fsp3) is 0.579. The van der Waals surface area contributed by atoms with Crippen molar-refractivity contribution in [2.45, 2.75) is 60.3 Å². The number of carboxylic acid groups (broad SMARTS) is 2. The first-order valence-corrected chi connectivity index (χ1v) is 8.18. The lowest BCUT2D eigenvalue weighted by Crippen LogP contribution is -2.16. The van der Waals surface area contributed by atoms with E-state index in [1.807, 2.05) is 6.92 Å². The molecule has 0 aliphatic rings. The summed E-state index contributed by atoms with van der Waals surface area (Å²) in [4.78, 5) is 23.0. The molecular formula is C19H28O4. The normalized spacial score (nSPS) is 12.9. The van der Waals surface area contributed by atoms with Crippen LogP contribution in [-0.4, -0.2) is 22.2 Å². The van der Waals surface area contributed by atoms with E-state index in [0.29, 0.717) is 24.3 Å². The Hall–Kier alpha value is -1.84. The van der Waals surface area contributed by atoms with Crippen molar-refractivity contribution in [3.63, 3.8) is 0 Å². The molecule has 23 heavy (non-hydrogen) atoms. The van der Waals surface area contributed by atoms with E-state index >= 15 is 0 Å². The zero-order valence-corrected chi connectivity index (χ0v) is 14.8. The molecule has 0 aromatic heterocycles. The summed E-state index contributed by atoms with van der Waals surface area (Å²) in [7, 11) is 0. The molecule has 0 aliphatic carbocycles. The molecule has 0 fully saturated rings. The molecule has 4 heteroatoms. The van der Waals surface area contributed by atoms with E-state index in [0.717, 1.165) is 18.4 Å². The van der Waals surface area contributed by atoms with Crippen molar-refractivity contribution in [1.82, 2.24) is 0 Å². The van der Waals surface area contributed by atoms with Gasteiger partial charge in [-0.2, -0.15) is 0 Å². The summed E-state index contributed by atoms with van der Waals surface area (Å²) in [6.45, 7) is 10.7. The van der Waals surface area contributed by atoms with Crippen molar-refractivity contribution in [1.29, 1.82) is 0 Å². The number of hydrogen-bond acceptors (Lipinski definition) is 2. The van der Waals surface area contributed by atoms with Crippen LogP contribution in [0.4, 0.5) is 0 Å². The van der Waals surface area contributed by atoms with Crippen LogP contribution in [0.25, 0.3) is 0 Å². The Morgan fingerprint density at radius 1 is 1.13 bits per heavy atom. The monoisotopic (exact) mass is 320 g/mol. The van der Waals surface area contributed by atoms with E-state index in [1.165, 1.54) is 6.07 Å². The zero-order valence-electron chi connectivity index (χ0n) is 14.8. The summed E-state index contributed by atoms with van der Waals surface area (Å²) in [5, 5.41) is 18.8. The third kappa shape index (κ3) is 5.38. The highest BCUT2D eigenvalue weighted by Gasteiger charge is 2.23. The minimum absolute atomic E-state index is 0.0418. The van der Waals surface area contributed by atoms with Crippen LogP contribution in [0.2, 0.25) is 0 Å². The van der Waals surface area contributed by atoms with E-state index in [9.17, 15) is 19.8 Å². The largest absolute Gasteiger partial charge is 0.478 e. The molecule has 1 atom stereocenters. The van der Waals surface area contributed by atoms with Gasteiger partial charge in [-0.3, -0.25) is 0 Å². The molecule has 0 saturated carbocycles. The Kier molecular flexibility index (Phi) is 6.37. The number of aryl methyl sites for hydroxylation is 1. The van der Waals surface area contributed by atoms with Crippen LogP contribution >= 0.6 is 0 Å². The van der Waals surface area contributed by atoms with E-state index in [2.05, 4.69) is 27.7 Å². The topological polar surface area (TPSA) is 74.6 Å². The van der Waals surface area contributed by atoms with Crippen molar-refractivity contribution < 1.29 is 19.8 Å². The Labute approximate surface area is 138 Å². The van der Waals surface area contributed by atoms with Gasteiger partial charge in [0.15, 0.2) is 0 Å². The minimum atomic E-state index is -1.19. The molecular weight excluding hydrogens is 292 g/mol. The summed E-state index contributed by atoms with van der Waals surface area (Å²) in [5.41, 5.74) is 1.68. The maximum Gasteiger partial charge on any atom is 0.336 e. The molecule has 0 heterocycles. The maximum atomic E-state index is 11.6. The molecule has 1 aromatic rings. The summed E-state index contributed by atoms with van der Waals surface area (Å²) in [6, 6.07) is 3.16. The van der Waals surface area contributed by atoms with Gasteiger partial charge in [-0.25, -0.2) is 9.59 Å². The van der Waals surface area contributed by atoms with Gasteiger partial charge >= 0.3 is 11.9 Å². The van der Waals surface area contributed by atoms with Crippen LogP contribution in [0.5, 0.6) is 0 Å². The van der Waals surface area contributed by atoms with Crippen LogP contribution in [-0.2, 0) is 12.8 Å². The fourth-order valence-corrected chi connectivity index (χ4v) is 3.27. The highest BCUT2D eigenvalue weighted by molar-refractivity contribution is 6.03. The molecule has 4 nitrogen and oxygen atoms in total. The first-order chi connectivity index (χ1) is 10.6. The van der Waals surface area contributed by atoms with Crippen molar-refractivity contribution in [3.05, 3.63) is 34.4 Å². The smallest absolute Gasteiger partial charge is 0.336 e. The Balaban J connectivity index is 3.15. The van der Waals surface area contributed by atoms with Crippen LogP contribution in [0.3, 0.4) is 0 Å². The highest BCUT2D eigenvalue weighted by atomic mass is 16.4. The number of benzene rings is 1. The molecule has 0 radical (unpaired) electrons. The van der Waals surface area contributed by atoms with Crippen molar-refractivity contribution in [2.75, 3.05) is 0 Å². The van der Waals surface area contributed by atoms with Gasteiger partial charge in [0.2, 0.25) is 0 Å². The van der Waals surface area contributed by atoms with Gasteiger partial charge in [0.1, 0.15) is 0 Å². The van der Waals surface area contributed by atoms with Gasteiger partial charge in [0.05, 0.1) is 11.1 Å². The van der Waals surface area contributed by atoms with Crippen LogP contribution in [0, 0.1) is 11.3 Å². The molecule has 0 saturated heterocycles. The summed E-state index contributed by atoms with van der Waals surface area (Å²) < 4.78 is 0. The van der Waals surface area contributed by atoms with E-state index in [1.54, 1.807) is 6.07 Å². The van der Waals surface area contributed by atoms with Crippen molar-refractivity contribution in [3.8, 4) is 0 Å². The molecule has 1 aromatic carbocycles. The lowest BCUT2D eigenvalue weighted by molar-refractivity contribution is 0.0650. The van der Waals surface area contributed by atoms with Crippen LogP contribution in [0.15, 0.2) is 12.1 Å². The Morgan fingerprint density at radius 2 is 1.74 bits per heavy atom. The quantitative estimate of drug-likeness (QED) is 0.767. The lowest BCUT2D eigenvalue weighted by atomic mass is 9.82.